The second-order valence-electron chi connectivity index (χ2n) is 5.62. The highest BCUT2D eigenvalue weighted by Gasteiger charge is 2.26. The highest BCUT2D eigenvalue weighted by molar-refractivity contribution is 5.82. The van der Waals surface area contributed by atoms with Crippen molar-refractivity contribution in [2.24, 2.45) is 5.41 Å². The van der Waals surface area contributed by atoms with E-state index in [4.69, 9.17) is 5.11 Å². The van der Waals surface area contributed by atoms with Gasteiger partial charge in [-0.25, -0.2) is 0 Å². The van der Waals surface area contributed by atoms with Crippen LogP contribution >= 0.6 is 0 Å². The lowest BCUT2D eigenvalue weighted by atomic mass is 9.85. The van der Waals surface area contributed by atoms with Crippen molar-refractivity contribution in [1.82, 2.24) is 5.32 Å². The van der Waals surface area contributed by atoms with E-state index in [2.05, 4.69) is 17.4 Å². The van der Waals surface area contributed by atoms with Gasteiger partial charge in [-0.05, 0) is 24.8 Å². The average molecular weight is 277 g/mol. The molecule has 110 valence electrons. The molecule has 0 bridgehead atoms. The number of carbonyl (C=O) groups excluding carboxylic acids is 1. The van der Waals surface area contributed by atoms with Crippen molar-refractivity contribution in [3.05, 3.63) is 35.9 Å². The third kappa shape index (κ3) is 5.87. The Morgan fingerprint density at radius 3 is 2.45 bits per heavy atom. The van der Waals surface area contributed by atoms with Gasteiger partial charge in [-0.15, -0.1) is 0 Å². The number of amides is 1. The third-order valence-corrected chi connectivity index (χ3v) is 3.35. The lowest BCUT2D eigenvalue weighted by molar-refractivity contribution is -0.137. The van der Waals surface area contributed by atoms with Crippen molar-refractivity contribution < 1.29 is 14.7 Å². The van der Waals surface area contributed by atoms with Gasteiger partial charge in [0.15, 0.2) is 0 Å². The molecule has 0 saturated carbocycles. The molecule has 0 fully saturated rings. The van der Waals surface area contributed by atoms with Crippen molar-refractivity contribution >= 4 is 11.9 Å². The minimum Gasteiger partial charge on any atom is -0.481 e. The molecule has 0 saturated heterocycles. The fourth-order valence-electron chi connectivity index (χ4n) is 2.01. The molecule has 0 unspecified atom stereocenters. The smallest absolute Gasteiger partial charge is 0.305 e. The van der Waals surface area contributed by atoms with Gasteiger partial charge < -0.3 is 10.4 Å². The quantitative estimate of drug-likeness (QED) is 0.767. The summed E-state index contributed by atoms with van der Waals surface area (Å²) in [6.07, 6.45) is 2.63. The van der Waals surface area contributed by atoms with Crippen LogP contribution < -0.4 is 5.32 Å². The maximum Gasteiger partial charge on any atom is 0.305 e. The van der Waals surface area contributed by atoms with Gasteiger partial charge in [0.25, 0.3) is 0 Å². The number of nitrogens with one attached hydrogen (secondary N) is 1. The standard InChI is InChI=1S/C16H23NO3/c1-16(2,15(20)17-12-10-14(18)19)11-6-9-13-7-4-3-5-8-13/h3-5,7-8H,6,9-12H2,1-2H3,(H,17,20)(H,18,19). The van der Waals surface area contributed by atoms with Crippen LogP contribution in [0.25, 0.3) is 0 Å². The number of carbonyl (C=O) groups is 2. The molecule has 1 amide bonds. The molecule has 0 heterocycles. The Bertz CT molecular complexity index is 440. The Balaban J connectivity index is 2.32. The van der Waals surface area contributed by atoms with E-state index >= 15 is 0 Å². The second kappa shape index (κ2) is 7.68. The normalized spacial score (nSPS) is 11.1. The Labute approximate surface area is 120 Å². The fourth-order valence-corrected chi connectivity index (χ4v) is 2.01. The summed E-state index contributed by atoms with van der Waals surface area (Å²) in [4.78, 5) is 22.4. The Hall–Kier alpha value is -1.84. The van der Waals surface area contributed by atoms with E-state index in [-0.39, 0.29) is 18.9 Å². The first-order valence-corrected chi connectivity index (χ1v) is 6.96. The van der Waals surface area contributed by atoms with Gasteiger partial charge in [-0.3, -0.25) is 9.59 Å². The molecule has 0 spiro atoms. The number of aryl methyl sites for hydroxylation is 1. The maximum atomic E-state index is 12.0. The summed E-state index contributed by atoms with van der Waals surface area (Å²) >= 11 is 0. The van der Waals surface area contributed by atoms with Gasteiger partial charge in [-0.1, -0.05) is 44.2 Å². The molecule has 4 nitrogen and oxygen atoms in total. The summed E-state index contributed by atoms with van der Waals surface area (Å²) in [5, 5.41) is 11.2. The van der Waals surface area contributed by atoms with Crippen LogP contribution in [-0.2, 0) is 16.0 Å². The first-order valence-electron chi connectivity index (χ1n) is 6.96. The zero-order chi connectivity index (χ0) is 15.0. The average Bonchev–Trinajstić information content (AvgIpc) is 2.39. The first kappa shape index (κ1) is 16.2. The summed E-state index contributed by atoms with van der Waals surface area (Å²) < 4.78 is 0. The van der Waals surface area contributed by atoms with Gasteiger partial charge in [0, 0.05) is 12.0 Å². The van der Waals surface area contributed by atoms with Crippen LogP contribution in [0.15, 0.2) is 30.3 Å². The molecule has 2 N–H and O–H groups in total. The molecule has 0 radical (unpaired) electrons. The molecule has 1 aromatic carbocycles. The number of rotatable bonds is 8. The van der Waals surface area contributed by atoms with Crippen LogP contribution in [0.5, 0.6) is 0 Å². The second-order valence-corrected chi connectivity index (χ2v) is 5.62. The molecule has 0 aliphatic carbocycles. The van der Waals surface area contributed by atoms with Crippen LogP contribution in [0.3, 0.4) is 0 Å². The SMILES string of the molecule is CC(C)(CCCc1ccccc1)C(=O)NCCC(=O)O. The summed E-state index contributed by atoms with van der Waals surface area (Å²) in [5.41, 5.74) is 0.808. The predicted octanol–water partition coefficient (Wildman–Crippen LogP) is 2.63. The predicted molar refractivity (Wildman–Crippen MR) is 78.4 cm³/mol. The van der Waals surface area contributed by atoms with Crippen LogP contribution in [-0.4, -0.2) is 23.5 Å². The highest BCUT2D eigenvalue weighted by atomic mass is 16.4. The molecular formula is C16H23NO3. The molecule has 20 heavy (non-hydrogen) atoms. The van der Waals surface area contributed by atoms with Crippen LogP contribution in [0.1, 0.15) is 38.7 Å². The van der Waals surface area contributed by atoms with Gasteiger partial charge in [0.2, 0.25) is 5.91 Å². The van der Waals surface area contributed by atoms with E-state index in [9.17, 15) is 9.59 Å². The summed E-state index contributed by atoms with van der Waals surface area (Å²) in [6, 6.07) is 10.2. The molecule has 1 rings (SSSR count). The van der Waals surface area contributed by atoms with Crippen LogP contribution in [0.4, 0.5) is 0 Å². The minimum atomic E-state index is -0.896. The maximum absolute atomic E-state index is 12.0. The zero-order valence-corrected chi connectivity index (χ0v) is 12.2. The topological polar surface area (TPSA) is 66.4 Å². The molecular weight excluding hydrogens is 254 g/mol. The van der Waals surface area contributed by atoms with Gasteiger partial charge in [0.1, 0.15) is 0 Å². The van der Waals surface area contributed by atoms with Gasteiger partial charge >= 0.3 is 5.97 Å². The lowest BCUT2D eigenvalue weighted by Gasteiger charge is -2.23. The zero-order valence-electron chi connectivity index (χ0n) is 12.2. The Morgan fingerprint density at radius 1 is 1.20 bits per heavy atom. The van der Waals surface area contributed by atoms with E-state index in [1.807, 2.05) is 32.0 Å². The van der Waals surface area contributed by atoms with E-state index in [1.54, 1.807) is 0 Å². The summed E-state index contributed by atoms with van der Waals surface area (Å²) in [7, 11) is 0. The Kier molecular flexibility index (Phi) is 6.22. The van der Waals surface area contributed by atoms with E-state index < -0.39 is 11.4 Å². The van der Waals surface area contributed by atoms with E-state index in [1.165, 1.54) is 5.56 Å². The van der Waals surface area contributed by atoms with Crippen LogP contribution in [0, 0.1) is 5.41 Å². The summed E-state index contributed by atoms with van der Waals surface area (Å²) in [5.74, 6) is -0.973. The van der Waals surface area contributed by atoms with Crippen molar-refractivity contribution in [2.75, 3.05) is 6.54 Å². The molecule has 0 aromatic heterocycles. The number of hydrogen-bond acceptors (Lipinski definition) is 2. The van der Waals surface area contributed by atoms with Gasteiger partial charge in [0.05, 0.1) is 6.42 Å². The van der Waals surface area contributed by atoms with Gasteiger partial charge in [-0.2, -0.15) is 0 Å². The number of carboxylic acid groups (broad SMARTS) is 1. The molecule has 0 aliphatic rings. The number of benzene rings is 1. The largest absolute Gasteiger partial charge is 0.481 e. The molecule has 0 aliphatic heterocycles. The highest BCUT2D eigenvalue weighted by Crippen LogP contribution is 2.23. The number of carboxylic acids is 1. The molecule has 0 atom stereocenters. The number of hydrogen-bond donors (Lipinski definition) is 2. The molecule has 1 aromatic rings. The van der Waals surface area contributed by atoms with Crippen LogP contribution in [0.2, 0.25) is 0 Å². The fraction of sp³-hybridized carbons (Fsp3) is 0.500. The van der Waals surface area contributed by atoms with E-state index in [0.717, 1.165) is 19.3 Å². The van der Waals surface area contributed by atoms with Crippen molar-refractivity contribution in [3.63, 3.8) is 0 Å². The van der Waals surface area contributed by atoms with Crippen molar-refractivity contribution in [2.45, 2.75) is 39.5 Å². The first-order chi connectivity index (χ1) is 9.42. The Morgan fingerprint density at radius 2 is 1.85 bits per heavy atom. The molecule has 4 heteroatoms. The summed E-state index contributed by atoms with van der Waals surface area (Å²) in [6.45, 7) is 3.98. The third-order valence-electron chi connectivity index (χ3n) is 3.35. The monoisotopic (exact) mass is 277 g/mol. The van der Waals surface area contributed by atoms with Crippen molar-refractivity contribution in [1.29, 1.82) is 0 Å². The minimum absolute atomic E-state index is 0.0359. The lowest BCUT2D eigenvalue weighted by Crippen LogP contribution is -2.38. The number of aliphatic carboxylic acids is 1. The van der Waals surface area contributed by atoms with E-state index in [0.29, 0.717) is 0 Å². The van der Waals surface area contributed by atoms with Crippen molar-refractivity contribution in [3.8, 4) is 0 Å².